The summed E-state index contributed by atoms with van der Waals surface area (Å²) in [7, 11) is 1.91. The quantitative estimate of drug-likeness (QED) is 0.842. The molecule has 0 bridgehead atoms. The number of hydrogen-bond acceptors (Lipinski definition) is 2. The lowest BCUT2D eigenvalue weighted by Crippen LogP contribution is -2.27. The van der Waals surface area contributed by atoms with Crippen LogP contribution in [0.2, 0.25) is 0 Å². The summed E-state index contributed by atoms with van der Waals surface area (Å²) >= 11 is 0. The fourth-order valence-electron chi connectivity index (χ4n) is 3.38. The Morgan fingerprint density at radius 2 is 1.84 bits per heavy atom. The summed E-state index contributed by atoms with van der Waals surface area (Å²) in [5.74, 6) is 0.906. The zero-order valence-electron chi connectivity index (χ0n) is 14.8. The van der Waals surface area contributed by atoms with E-state index in [1.54, 1.807) is 0 Å². The molecule has 1 saturated heterocycles. The van der Waals surface area contributed by atoms with Crippen molar-refractivity contribution in [2.75, 3.05) is 20.1 Å². The third-order valence-corrected chi connectivity index (χ3v) is 4.86. The fourth-order valence-corrected chi connectivity index (χ4v) is 3.38. The topological polar surface area (TPSA) is 32.3 Å². The maximum Gasteiger partial charge on any atom is 0.222 e. The molecule has 1 amide bonds. The van der Waals surface area contributed by atoms with E-state index in [-0.39, 0.29) is 18.3 Å². The number of halogens is 1. The molecule has 1 aliphatic rings. The maximum absolute atomic E-state index is 12.5. The van der Waals surface area contributed by atoms with Gasteiger partial charge in [0.15, 0.2) is 0 Å². The van der Waals surface area contributed by atoms with Gasteiger partial charge in [-0.2, -0.15) is 0 Å². The summed E-state index contributed by atoms with van der Waals surface area (Å²) in [4.78, 5) is 14.3. The third-order valence-electron chi connectivity index (χ3n) is 4.86. The molecule has 1 atom stereocenters. The van der Waals surface area contributed by atoms with E-state index in [4.69, 9.17) is 0 Å². The van der Waals surface area contributed by atoms with E-state index in [0.29, 0.717) is 18.9 Å². The smallest absolute Gasteiger partial charge is 0.222 e. The predicted octanol–water partition coefficient (Wildman–Crippen LogP) is 4.12. The molecule has 1 aliphatic heterocycles. The number of rotatable bonds is 6. The minimum Gasteiger partial charge on any atom is -0.341 e. The third kappa shape index (κ3) is 5.32. The molecule has 0 aromatic heterocycles. The van der Waals surface area contributed by atoms with Gasteiger partial charge in [-0.1, -0.05) is 54.6 Å². The summed E-state index contributed by atoms with van der Waals surface area (Å²) < 4.78 is 0. The highest BCUT2D eigenvalue weighted by molar-refractivity contribution is 5.85. The van der Waals surface area contributed by atoms with Crippen LogP contribution in [0, 0.1) is 5.92 Å². The summed E-state index contributed by atoms with van der Waals surface area (Å²) in [6.45, 7) is 2.82. The van der Waals surface area contributed by atoms with Gasteiger partial charge in [-0.15, -0.1) is 12.4 Å². The maximum atomic E-state index is 12.5. The Kier molecular flexibility index (Phi) is 7.48. The molecule has 0 radical (unpaired) electrons. The van der Waals surface area contributed by atoms with Gasteiger partial charge < -0.3 is 10.2 Å². The molecule has 4 heteroatoms. The molecule has 0 saturated carbocycles. The molecule has 1 fully saturated rings. The van der Waals surface area contributed by atoms with Crippen molar-refractivity contribution in [3.63, 3.8) is 0 Å². The first kappa shape index (κ1) is 19.5. The Hall–Kier alpha value is -1.84. The van der Waals surface area contributed by atoms with E-state index in [2.05, 4.69) is 47.8 Å². The average Bonchev–Trinajstić information content (AvgIpc) is 3.14. The Balaban J connectivity index is 0.00000225. The van der Waals surface area contributed by atoms with E-state index < -0.39 is 0 Å². The number of nitrogens with zero attached hydrogens (tertiary/aromatic N) is 1. The highest BCUT2D eigenvalue weighted by Crippen LogP contribution is 2.24. The van der Waals surface area contributed by atoms with Gasteiger partial charge in [0.1, 0.15) is 0 Å². The Morgan fingerprint density at radius 3 is 2.56 bits per heavy atom. The van der Waals surface area contributed by atoms with Crippen LogP contribution in [-0.4, -0.2) is 30.9 Å². The molecule has 3 nitrogen and oxygen atoms in total. The van der Waals surface area contributed by atoms with Crippen molar-refractivity contribution in [3.05, 3.63) is 60.2 Å². The van der Waals surface area contributed by atoms with Crippen molar-refractivity contribution in [3.8, 4) is 11.1 Å². The molecule has 0 spiro atoms. The Morgan fingerprint density at radius 1 is 1.12 bits per heavy atom. The predicted molar refractivity (Wildman–Crippen MR) is 106 cm³/mol. The van der Waals surface area contributed by atoms with Gasteiger partial charge in [0.25, 0.3) is 0 Å². The number of amides is 1. The SMILES string of the molecule is CN(Cc1ccccc1-c1ccccc1)C(=O)CCC1CCNC1.Cl. The van der Waals surface area contributed by atoms with Crippen molar-refractivity contribution in [2.45, 2.75) is 25.8 Å². The van der Waals surface area contributed by atoms with Gasteiger partial charge in [-0.05, 0) is 48.5 Å². The van der Waals surface area contributed by atoms with E-state index in [0.717, 1.165) is 19.5 Å². The van der Waals surface area contributed by atoms with Crippen molar-refractivity contribution in [1.29, 1.82) is 0 Å². The molecule has 134 valence electrons. The molecule has 2 aromatic rings. The summed E-state index contributed by atoms with van der Waals surface area (Å²) in [6.07, 6.45) is 2.85. The minimum atomic E-state index is 0. The summed E-state index contributed by atoms with van der Waals surface area (Å²) in [5, 5.41) is 3.37. The second-order valence-corrected chi connectivity index (χ2v) is 6.67. The van der Waals surface area contributed by atoms with E-state index in [1.807, 2.05) is 24.1 Å². The molecular formula is C21H27ClN2O. The van der Waals surface area contributed by atoms with Crippen molar-refractivity contribution in [2.24, 2.45) is 5.92 Å². The van der Waals surface area contributed by atoms with Crippen LogP contribution in [0.3, 0.4) is 0 Å². The van der Waals surface area contributed by atoms with E-state index in [9.17, 15) is 4.79 Å². The van der Waals surface area contributed by atoms with Crippen molar-refractivity contribution in [1.82, 2.24) is 10.2 Å². The van der Waals surface area contributed by atoms with E-state index in [1.165, 1.54) is 23.1 Å². The van der Waals surface area contributed by atoms with Crippen LogP contribution in [0.4, 0.5) is 0 Å². The van der Waals surface area contributed by atoms with Gasteiger partial charge in [0.2, 0.25) is 5.91 Å². The van der Waals surface area contributed by atoms with Crippen LogP contribution >= 0.6 is 12.4 Å². The van der Waals surface area contributed by atoms with Gasteiger partial charge >= 0.3 is 0 Å². The molecule has 1 heterocycles. The second kappa shape index (κ2) is 9.59. The van der Waals surface area contributed by atoms with Gasteiger partial charge in [-0.25, -0.2) is 0 Å². The summed E-state index contributed by atoms with van der Waals surface area (Å²) in [6, 6.07) is 18.7. The lowest BCUT2D eigenvalue weighted by molar-refractivity contribution is -0.130. The first-order valence-electron chi connectivity index (χ1n) is 8.82. The lowest BCUT2D eigenvalue weighted by Gasteiger charge is -2.20. The number of carbonyl (C=O) groups is 1. The number of hydrogen-bond donors (Lipinski definition) is 1. The molecule has 1 unspecified atom stereocenters. The Bertz CT molecular complexity index is 669. The first-order chi connectivity index (χ1) is 11.7. The van der Waals surface area contributed by atoms with Gasteiger partial charge in [0.05, 0.1) is 0 Å². The van der Waals surface area contributed by atoms with Crippen LogP contribution in [0.1, 0.15) is 24.8 Å². The standard InChI is InChI=1S/C21H26N2O.ClH/c1-23(21(24)12-11-17-13-14-22-15-17)16-19-9-5-6-10-20(19)18-7-3-2-4-8-18;/h2-10,17,22H,11-16H2,1H3;1H. The normalized spacial score (nSPS) is 16.3. The van der Waals surface area contributed by atoms with Crippen LogP contribution in [0.25, 0.3) is 11.1 Å². The number of carbonyl (C=O) groups excluding carboxylic acids is 1. The number of nitrogens with one attached hydrogen (secondary N) is 1. The van der Waals surface area contributed by atoms with Crippen LogP contribution < -0.4 is 5.32 Å². The molecule has 2 aromatic carbocycles. The monoisotopic (exact) mass is 358 g/mol. The molecule has 3 rings (SSSR count). The lowest BCUT2D eigenvalue weighted by atomic mass is 9.99. The summed E-state index contributed by atoms with van der Waals surface area (Å²) in [5.41, 5.74) is 3.60. The molecule has 25 heavy (non-hydrogen) atoms. The van der Waals surface area contributed by atoms with Crippen molar-refractivity contribution >= 4 is 18.3 Å². The fraction of sp³-hybridized carbons (Fsp3) is 0.381. The highest BCUT2D eigenvalue weighted by Gasteiger charge is 2.18. The first-order valence-corrected chi connectivity index (χ1v) is 8.82. The minimum absolute atomic E-state index is 0. The van der Waals surface area contributed by atoms with Crippen LogP contribution in [0.5, 0.6) is 0 Å². The largest absolute Gasteiger partial charge is 0.341 e. The van der Waals surface area contributed by atoms with Crippen LogP contribution in [0.15, 0.2) is 54.6 Å². The molecule has 0 aliphatic carbocycles. The highest BCUT2D eigenvalue weighted by atomic mass is 35.5. The second-order valence-electron chi connectivity index (χ2n) is 6.67. The number of benzene rings is 2. The van der Waals surface area contributed by atoms with Crippen LogP contribution in [-0.2, 0) is 11.3 Å². The molecule has 1 N–H and O–H groups in total. The molecular weight excluding hydrogens is 332 g/mol. The zero-order chi connectivity index (χ0) is 16.8. The average molecular weight is 359 g/mol. The zero-order valence-corrected chi connectivity index (χ0v) is 15.6. The Labute approximate surface area is 156 Å². The van der Waals surface area contributed by atoms with Crippen molar-refractivity contribution < 1.29 is 4.79 Å². The van der Waals surface area contributed by atoms with Gasteiger partial charge in [0, 0.05) is 20.0 Å². The van der Waals surface area contributed by atoms with E-state index >= 15 is 0 Å². The van der Waals surface area contributed by atoms with Gasteiger partial charge in [-0.3, -0.25) is 4.79 Å².